The number of methoxy groups -OCH3 is 2. The summed E-state index contributed by atoms with van der Waals surface area (Å²) in [6.45, 7) is 0. The molecule has 1 aliphatic rings. The molecule has 0 saturated carbocycles. The van der Waals surface area contributed by atoms with Crippen LogP contribution in [0, 0.1) is 0 Å². The second-order valence-electron chi connectivity index (χ2n) is 11.5. The summed E-state index contributed by atoms with van der Waals surface area (Å²) in [6.07, 6.45) is 0. The van der Waals surface area contributed by atoms with Crippen molar-refractivity contribution < 1.29 is 14.3 Å². The van der Waals surface area contributed by atoms with Gasteiger partial charge in [0.05, 0.1) is 59.4 Å². The van der Waals surface area contributed by atoms with Crippen LogP contribution in [0.25, 0.3) is 33.3 Å². The number of para-hydroxylation sites is 6. The highest BCUT2D eigenvalue weighted by molar-refractivity contribution is 6.09. The predicted octanol–water partition coefficient (Wildman–Crippen LogP) is 10.6. The number of pyridine rings is 1. The number of fused-ring (bicyclic) bond motifs is 3. The third kappa shape index (κ3) is 4.91. The summed E-state index contributed by atoms with van der Waals surface area (Å²) in [4.78, 5) is 22.2. The van der Waals surface area contributed by atoms with Gasteiger partial charge in [0.25, 0.3) is 0 Å². The highest BCUT2D eigenvalue weighted by Crippen LogP contribution is 2.55. The number of benzene rings is 6. The van der Waals surface area contributed by atoms with Gasteiger partial charge >= 0.3 is 5.97 Å². The van der Waals surface area contributed by atoms with Crippen molar-refractivity contribution in [1.82, 2.24) is 4.98 Å². The molecule has 0 N–H and O–H groups in total. The van der Waals surface area contributed by atoms with Crippen molar-refractivity contribution in [3.8, 4) is 28.1 Å². The van der Waals surface area contributed by atoms with E-state index >= 15 is 0 Å². The Labute approximate surface area is 279 Å². The maximum absolute atomic E-state index is 12.2. The molecule has 0 amide bonds. The molecule has 2 heterocycles. The summed E-state index contributed by atoms with van der Waals surface area (Å²) in [5.41, 5.74) is 11.4. The van der Waals surface area contributed by atoms with Gasteiger partial charge in [-0.3, -0.25) is 0 Å². The molecule has 8 rings (SSSR count). The van der Waals surface area contributed by atoms with Crippen molar-refractivity contribution >= 4 is 51.0 Å². The van der Waals surface area contributed by atoms with E-state index in [1.54, 1.807) is 19.2 Å². The van der Waals surface area contributed by atoms with Crippen LogP contribution in [0.3, 0.4) is 0 Å². The van der Waals surface area contributed by atoms with Gasteiger partial charge in [-0.2, -0.15) is 0 Å². The smallest absolute Gasteiger partial charge is 0.337 e. The molecule has 1 aromatic heterocycles. The van der Waals surface area contributed by atoms with Gasteiger partial charge < -0.3 is 19.3 Å². The van der Waals surface area contributed by atoms with E-state index in [2.05, 4.69) is 119 Å². The maximum Gasteiger partial charge on any atom is 0.337 e. The standard InChI is InChI=1S/C42H31N3O3/c1-47-32-25-23-28(24-26-32)34-27-35(29-19-21-30(22-20-29)42(46)48-2)43-41-33(34)13-10-18-40(41)45-38-16-8-6-14-36(38)44(31-11-4-3-5-12-31)37-15-7-9-17-39(37)45/h3-27H,1-2H3. The fourth-order valence-electron chi connectivity index (χ4n) is 6.52. The van der Waals surface area contributed by atoms with Crippen molar-refractivity contribution in [2.45, 2.75) is 0 Å². The molecule has 0 fully saturated rings. The molecule has 0 bridgehead atoms. The van der Waals surface area contributed by atoms with E-state index in [0.29, 0.717) is 5.56 Å². The Hall–Kier alpha value is -6.40. The molecular formula is C42H31N3O3. The van der Waals surface area contributed by atoms with Crippen LogP contribution in [-0.2, 0) is 4.74 Å². The number of esters is 1. The predicted molar refractivity (Wildman–Crippen MR) is 193 cm³/mol. The van der Waals surface area contributed by atoms with E-state index in [0.717, 1.165) is 73.2 Å². The first-order valence-electron chi connectivity index (χ1n) is 15.7. The molecule has 0 atom stereocenters. The molecule has 7 aromatic rings. The highest BCUT2D eigenvalue weighted by Gasteiger charge is 2.31. The molecule has 232 valence electrons. The third-order valence-corrected chi connectivity index (χ3v) is 8.80. The second kappa shape index (κ2) is 12.1. The zero-order chi connectivity index (χ0) is 32.6. The number of carbonyl (C=O) groups is 1. The average molecular weight is 626 g/mol. The van der Waals surface area contributed by atoms with Gasteiger partial charge in [0.2, 0.25) is 0 Å². The molecule has 0 unspecified atom stereocenters. The Balaban J connectivity index is 1.38. The lowest BCUT2D eigenvalue weighted by Gasteiger charge is -2.40. The first-order valence-corrected chi connectivity index (χ1v) is 15.7. The third-order valence-electron chi connectivity index (χ3n) is 8.80. The molecule has 0 aliphatic carbocycles. The van der Waals surface area contributed by atoms with Crippen molar-refractivity contribution in [2.24, 2.45) is 0 Å². The van der Waals surface area contributed by atoms with E-state index in [4.69, 9.17) is 14.5 Å². The minimum absolute atomic E-state index is 0.374. The Bertz CT molecular complexity index is 2240. The Morgan fingerprint density at radius 3 is 1.73 bits per heavy atom. The molecule has 6 nitrogen and oxygen atoms in total. The SMILES string of the molecule is COC(=O)c1ccc(-c2cc(-c3ccc(OC)cc3)c3cccc(N4c5ccccc5N(c5ccccc5)c5ccccc54)c3n2)cc1. The van der Waals surface area contributed by atoms with Crippen LogP contribution >= 0.6 is 0 Å². The molecule has 0 saturated heterocycles. The number of nitrogens with zero attached hydrogens (tertiary/aromatic N) is 3. The van der Waals surface area contributed by atoms with Crippen LogP contribution in [0.15, 0.2) is 152 Å². The minimum atomic E-state index is -0.374. The average Bonchev–Trinajstić information content (AvgIpc) is 3.16. The monoisotopic (exact) mass is 625 g/mol. The van der Waals surface area contributed by atoms with Crippen LogP contribution in [0.2, 0.25) is 0 Å². The normalized spacial score (nSPS) is 12.0. The molecule has 48 heavy (non-hydrogen) atoms. The van der Waals surface area contributed by atoms with Gasteiger partial charge in [0.15, 0.2) is 0 Å². The van der Waals surface area contributed by atoms with Gasteiger partial charge in [-0.1, -0.05) is 78.9 Å². The summed E-state index contributed by atoms with van der Waals surface area (Å²) in [5, 5.41) is 1.02. The summed E-state index contributed by atoms with van der Waals surface area (Å²) >= 11 is 0. The molecular weight excluding hydrogens is 594 g/mol. The first-order chi connectivity index (χ1) is 23.6. The van der Waals surface area contributed by atoms with Crippen molar-refractivity contribution in [1.29, 1.82) is 0 Å². The first kappa shape index (κ1) is 29.0. The molecule has 6 aromatic carbocycles. The summed E-state index contributed by atoms with van der Waals surface area (Å²) < 4.78 is 10.4. The van der Waals surface area contributed by atoms with E-state index in [9.17, 15) is 4.79 Å². The lowest BCUT2D eigenvalue weighted by Crippen LogP contribution is -2.24. The van der Waals surface area contributed by atoms with Crippen molar-refractivity contribution in [3.63, 3.8) is 0 Å². The Kier molecular flexibility index (Phi) is 7.31. The van der Waals surface area contributed by atoms with Crippen LogP contribution in [0.1, 0.15) is 10.4 Å². The number of aromatic nitrogens is 1. The molecule has 1 aliphatic heterocycles. The summed E-state index contributed by atoms with van der Waals surface area (Å²) in [5.74, 6) is 0.419. The Morgan fingerprint density at radius 2 is 1.12 bits per heavy atom. The Morgan fingerprint density at radius 1 is 0.562 bits per heavy atom. The van der Waals surface area contributed by atoms with Gasteiger partial charge in [-0.05, 0) is 83.9 Å². The molecule has 6 heteroatoms. The quantitative estimate of drug-likeness (QED) is 0.171. The van der Waals surface area contributed by atoms with E-state index in [1.807, 2.05) is 30.3 Å². The minimum Gasteiger partial charge on any atom is -0.497 e. The van der Waals surface area contributed by atoms with Crippen molar-refractivity contribution in [2.75, 3.05) is 24.0 Å². The van der Waals surface area contributed by atoms with E-state index in [-0.39, 0.29) is 5.97 Å². The lowest BCUT2D eigenvalue weighted by molar-refractivity contribution is 0.0600. The van der Waals surface area contributed by atoms with E-state index < -0.39 is 0 Å². The topological polar surface area (TPSA) is 54.9 Å². The second-order valence-corrected chi connectivity index (χ2v) is 11.5. The number of ether oxygens (including phenoxy) is 2. The van der Waals surface area contributed by atoms with Crippen LogP contribution in [0.5, 0.6) is 5.75 Å². The van der Waals surface area contributed by atoms with Gasteiger partial charge in [-0.15, -0.1) is 0 Å². The highest BCUT2D eigenvalue weighted by atomic mass is 16.5. The number of carbonyl (C=O) groups excluding carboxylic acids is 1. The van der Waals surface area contributed by atoms with Gasteiger partial charge in [0.1, 0.15) is 5.75 Å². The van der Waals surface area contributed by atoms with Gasteiger partial charge in [0, 0.05) is 16.6 Å². The van der Waals surface area contributed by atoms with Crippen LogP contribution in [0.4, 0.5) is 34.1 Å². The lowest BCUT2D eigenvalue weighted by atomic mass is 9.96. The molecule has 0 radical (unpaired) electrons. The van der Waals surface area contributed by atoms with Crippen LogP contribution in [-0.4, -0.2) is 25.2 Å². The fraction of sp³-hybridized carbons (Fsp3) is 0.0476. The maximum atomic E-state index is 12.2. The zero-order valence-electron chi connectivity index (χ0n) is 26.5. The zero-order valence-corrected chi connectivity index (χ0v) is 26.5. The van der Waals surface area contributed by atoms with Gasteiger partial charge in [-0.25, -0.2) is 9.78 Å². The number of rotatable bonds is 6. The van der Waals surface area contributed by atoms with E-state index in [1.165, 1.54) is 7.11 Å². The number of hydrogen-bond acceptors (Lipinski definition) is 6. The van der Waals surface area contributed by atoms with Crippen molar-refractivity contribution in [3.05, 3.63) is 157 Å². The summed E-state index contributed by atoms with van der Waals surface area (Å²) in [6, 6.07) is 51.5. The number of hydrogen-bond donors (Lipinski definition) is 0. The number of anilines is 6. The largest absolute Gasteiger partial charge is 0.497 e. The molecule has 0 spiro atoms. The summed E-state index contributed by atoms with van der Waals surface area (Å²) in [7, 11) is 3.06. The van der Waals surface area contributed by atoms with Crippen LogP contribution < -0.4 is 14.5 Å². The fourth-order valence-corrected chi connectivity index (χ4v) is 6.52.